The first-order chi connectivity index (χ1) is 15.3. The number of rotatable bonds is 6. The average Bonchev–Trinajstić information content (AvgIpc) is 3.08. The maximum absolute atomic E-state index is 12.8. The molecule has 1 unspecified atom stereocenters. The van der Waals surface area contributed by atoms with Crippen LogP contribution in [0.25, 0.3) is 0 Å². The zero-order chi connectivity index (χ0) is 24.2. The number of ether oxygens (including phenoxy) is 1. The molecule has 2 N–H and O–H groups in total. The van der Waals surface area contributed by atoms with E-state index in [1.54, 1.807) is 0 Å². The second kappa shape index (κ2) is 8.96. The molecule has 0 aliphatic heterocycles. The third-order valence-electron chi connectivity index (χ3n) is 11.1. The van der Waals surface area contributed by atoms with E-state index in [1.165, 1.54) is 19.3 Å². The molecule has 192 valence electrons. The van der Waals surface area contributed by atoms with Gasteiger partial charge < -0.3 is 14.9 Å². The van der Waals surface area contributed by atoms with Crippen molar-refractivity contribution in [3.63, 3.8) is 0 Å². The molecule has 4 rings (SSSR count). The summed E-state index contributed by atoms with van der Waals surface area (Å²) in [6.07, 6.45) is 3.27. The number of hydrogen-bond acceptors (Lipinski definition) is 3. The van der Waals surface area contributed by atoms with E-state index in [0.29, 0.717) is 36.0 Å². The quantitative estimate of drug-likeness (QED) is 0.471. The van der Waals surface area contributed by atoms with Gasteiger partial charge in [0.2, 0.25) is 0 Å². The standard InChI is InChI=1S/C27H45F3O3/c1-17(5-10-23(31)27(28,29)30)20-8-9-21-19-7-6-18-15-24(2,32)13-14-26(18,16-33-4)22(19)11-12-25(20,21)3/h17-23,31-32H,5-16H2,1-4H3/t17-,18+,19+,20-,21+,22+,23?,24+,25-,26-/m1/s1. The van der Waals surface area contributed by atoms with Crippen molar-refractivity contribution >= 4 is 0 Å². The first kappa shape index (κ1) is 25.8. The third-order valence-corrected chi connectivity index (χ3v) is 11.1. The molecule has 4 saturated carbocycles. The van der Waals surface area contributed by atoms with Crippen LogP contribution in [0.4, 0.5) is 13.2 Å². The van der Waals surface area contributed by atoms with E-state index in [4.69, 9.17) is 4.74 Å². The van der Waals surface area contributed by atoms with Crippen molar-refractivity contribution in [2.24, 2.45) is 46.3 Å². The number of methoxy groups -OCH3 is 1. The predicted octanol–water partition coefficient (Wildman–Crippen LogP) is 6.36. The summed E-state index contributed by atoms with van der Waals surface area (Å²) >= 11 is 0. The Morgan fingerprint density at radius 2 is 1.70 bits per heavy atom. The SMILES string of the molecule is COC[C@]12CC[C@](C)(O)C[C@@H]1CC[C@H]1[C@@H]3CC[C@H]([C@H](C)CCC(O)C(F)(F)F)[C@@]3(C)CC[C@@H]12. The van der Waals surface area contributed by atoms with E-state index in [0.717, 1.165) is 45.1 Å². The third kappa shape index (κ3) is 4.50. The summed E-state index contributed by atoms with van der Waals surface area (Å²) in [6.45, 7) is 7.31. The number of alkyl halides is 3. The van der Waals surface area contributed by atoms with E-state index in [1.807, 2.05) is 14.0 Å². The highest BCUT2D eigenvalue weighted by Crippen LogP contribution is 2.69. The molecule has 6 heteroatoms. The van der Waals surface area contributed by atoms with Crippen LogP contribution >= 0.6 is 0 Å². The van der Waals surface area contributed by atoms with Gasteiger partial charge in [0.05, 0.1) is 12.2 Å². The Labute approximate surface area is 197 Å². The van der Waals surface area contributed by atoms with E-state index in [9.17, 15) is 23.4 Å². The lowest BCUT2D eigenvalue weighted by Crippen LogP contribution is -2.58. The van der Waals surface area contributed by atoms with Crippen LogP contribution in [0.5, 0.6) is 0 Å². The largest absolute Gasteiger partial charge is 0.414 e. The fourth-order valence-electron chi connectivity index (χ4n) is 9.54. The Morgan fingerprint density at radius 1 is 0.970 bits per heavy atom. The molecule has 0 amide bonds. The maximum Gasteiger partial charge on any atom is 0.414 e. The molecule has 0 radical (unpaired) electrons. The van der Waals surface area contributed by atoms with Crippen molar-refractivity contribution in [3.05, 3.63) is 0 Å². The molecule has 0 aromatic heterocycles. The summed E-state index contributed by atoms with van der Waals surface area (Å²) in [5, 5.41) is 20.3. The van der Waals surface area contributed by atoms with Gasteiger partial charge in [-0.3, -0.25) is 0 Å². The van der Waals surface area contributed by atoms with E-state index >= 15 is 0 Å². The van der Waals surface area contributed by atoms with Crippen molar-refractivity contribution in [1.82, 2.24) is 0 Å². The molecule has 0 aromatic rings. The lowest BCUT2D eigenvalue weighted by Gasteiger charge is -2.63. The van der Waals surface area contributed by atoms with E-state index < -0.39 is 17.9 Å². The molecule has 0 spiro atoms. The van der Waals surface area contributed by atoms with Crippen LogP contribution in [0.1, 0.15) is 91.4 Å². The van der Waals surface area contributed by atoms with Gasteiger partial charge in [0, 0.05) is 7.11 Å². The number of halogens is 3. The molecule has 10 atom stereocenters. The summed E-state index contributed by atoms with van der Waals surface area (Å²) < 4.78 is 44.3. The van der Waals surface area contributed by atoms with Crippen LogP contribution in [0.15, 0.2) is 0 Å². The minimum Gasteiger partial charge on any atom is -0.390 e. The summed E-state index contributed by atoms with van der Waals surface area (Å²) in [5.74, 6) is 3.08. The van der Waals surface area contributed by atoms with Gasteiger partial charge in [-0.2, -0.15) is 13.2 Å². The van der Waals surface area contributed by atoms with Crippen molar-refractivity contribution in [1.29, 1.82) is 0 Å². The zero-order valence-corrected chi connectivity index (χ0v) is 21.0. The topological polar surface area (TPSA) is 49.7 Å². The van der Waals surface area contributed by atoms with Crippen molar-refractivity contribution < 1.29 is 28.1 Å². The molecule has 33 heavy (non-hydrogen) atoms. The van der Waals surface area contributed by atoms with Crippen LogP contribution in [0.3, 0.4) is 0 Å². The van der Waals surface area contributed by atoms with Gasteiger partial charge in [-0.25, -0.2) is 0 Å². The fraction of sp³-hybridized carbons (Fsp3) is 1.00. The van der Waals surface area contributed by atoms with Gasteiger partial charge in [0.15, 0.2) is 0 Å². The Hall–Kier alpha value is -0.330. The molecule has 0 aromatic carbocycles. The molecule has 0 bridgehead atoms. The smallest absolute Gasteiger partial charge is 0.390 e. The van der Waals surface area contributed by atoms with Crippen LogP contribution < -0.4 is 0 Å². The number of fused-ring (bicyclic) bond motifs is 5. The molecule has 0 saturated heterocycles. The Bertz CT molecular complexity index is 695. The van der Waals surface area contributed by atoms with Gasteiger partial charge >= 0.3 is 6.18 Å². The first-order valence-electron chi connectivity index (χ1n) is 13.3. The monoisotopic (exact) mass is 474 g/mol. The minimum atomic E-state index is -4.52. The summed E-state index contributed by atoms with van der Waals surface area (Å²) in [5.41, 5.74) is -0.209. The van der Waals surface area contributed by atoms with Crippen LogP contribution in [0.2, 0.25) is 0 Å². The first-order valence-corrected chi connectivity index (χ1v) is 13.3. The Balaban J connectivity index is 1.49. The van der Waals surface area contributed by atoms with Crippen LogP contribution in [-0.4, -0.2) is 41.8 Å². The summed E-state index contributed by atoms with van der Waals surface area (Å²) in [6, 6.07) is 0. The van der Waals surface area contributed by atoms with Gasteiger partial charge in [0.25, 0.3) is 0 Å². The predicted molar refractivity (Wildman–Crippen MR) is 123 cm³/mol. The van der Waals surface area contributed by atoms with Gasteiger partial charge in [0.1, 0.15) is 6.10 Å². The molecule has 4 aliphatic rings. The maximum atomic E-state index is 12.8. The van der Waals surface area contributed by atoms with Crippen LogP contribution in [0, 0.1) is 46.3 Å². The molecule has 4 fully saturated rings. The molecular formula is C27H45F3O3. The minimum absolute atomic E-state index is 0.168. The van der Waals surface area contributed by atoms with E-state index in [-0.39, 0.29) is 23.2 Å². The lowest BCUT2D eigenvalue weighted by molar-refractivity contribution is -0.206. The lowest BCUT2D eigenvalue weighted by atomic mass is 9.43. The van der Waals surface area contributed by atoms with Crippen LogP contribution in [-0.2, 0) is 4.74 Å². The normalized spacial score (nSPS) is 47.4. The average molecular weight is 475 g/mol. The summed E-state index contributed by atoms with van der Waals surface area (Å²) in [4.78, 5) is 0. The highest BCUT2D eigenvalue weighted by molar-refractivity contribution is 5.11. The summed E-state index contributed by atoms with van der Waals surface area (Å²) in [7, 11) is 1.82. The van der Waals surface area contributed by atoms with Crippen molar-refractivity contribution in [2.75, 3.05) is 13.7 Å². The highest BCUT2D eigenvalue weighted by Gasteiger charge is 2.62. The second-order valence-electron chi connectivity index (χ2n) is 12.9. The zero-order valence-electron chi connectivity index (χ0n) is 21.0. The van der Waals surface area contributed by atoms with E-state index in [2.05, 4.69) is 13.8 Å². The molecule has 4 aliphatic carbocycles. The molecule has 0 heterocycles. The Kier molecular flexibility index (Phi) is 6.99. The number of aliphatic hydroxyl groups is 2. The fourth-order valence-corrected chi connectivity index (χ4v) is 9.54. The molecular weight excluding hydrogens is 429 g/mol. The molecule has 3 nitrogen and oxygen atoms in total. The highest BCUT2D eigenvalue weighted by atomic mass is 19.4. The van der Waals surface area contributed by atoms with Crippen molar-refractivity contribution in [2.45, 2.75) is 109 Å². The van der Waals surface area contributed by atoms with Crippen molar-refractivity contribution in [3.8, 4) is 0 Å². The van der Waals surface area contributed by atoms with Gasteiger partial charge in [-0.05, 0) is 124 Å². The van der Waals surface area contributed by atoms with Gasteiger partial charge in [-0.1, -0.05) is 13.8 Å². The number of hydrogen-bond donors (Lipinski definition) is 2. The Morgan fingerprint density at radius 3 is 2.36 bits per heavy atom. The second-order valence-corrected chi connectivity index (χ2v) is 12.9. The van der Waals surface area contributed by atoms with Gasteiger partial charge in [-0.15, -0.1) is 0 Å². The number of aliphatic hydroxyl groups excluding tert-OH is 1.